The largest absolute Gasteiger partial charge is 0.407 e. The number of ketones is 1. The molecule has 0 aromatic heterocycles. The molecular formula is C25H34O2Si. The zero-order valence-corrected chi connectivity index (χ0v) is 19.0. The normalized spacial score (nSPS) is 13.2. The molecule has 2 nitrogen and oxygen atoms in total. The molecule has 2 aromatic rings. The Morgan fingerprint density at radius 3 is 1.86 bits per heavy atom. The monoisotopic (exact) mass is 394 g/mol. The van der Waals surface area contributed by atoms with Gasteiger partial charge in [-0.05, 0) is 40.2 Å². The lowest BCUT2D eigenvalue weighted by Gasteiger charge is -2.43. The van der Waals surface area contributed by atoms with Crippen LogP contribution in [0.5, 0.6) is 0 Å². The van der Waals surface area contributed by atoms with Crippen LogP contribution < -0.4 is 10.4 Å². The first kappa shape index (κ1) is 22.3. The van der Waals surface area contributed by atoms with Crippen molar-refractivity contribution in [1.82, 2.24) is 0 Å². The van der Waals surface area contributed by atoms with Crippen LogP contribution in [0.4, 0.5) is 0 Å². The van der Waals surface area contributed by atoms with Crippen molar-refractivity contribution in [3.63, 3.8) is 0 Å². The molecule has 0 N–H and O–H groups in total. The summed E-state index contributed by atoms with van der Waals surface area (Å²) in [6.07, 6.45) is 1.37. The molecule has 0 amide bonds. The summed E-state index contributed by atoms with van der Waals surface area (Å²) in [5.41, 5.74) is 0.639. The zero-order chi connectivity index (χ0) is 20.8. The van der Waals surface area contributed by atoms with Gasteiger partial charge in [0.25, 0.3) is 8.32 Å². The Labute approximate surface area is 171 Å². The van der Waals surface area contributed by atoms with Gasteiger partial charge in [-0.25, -0.2) is 0 Å². The first-order valence-corrected chi connectivity index (χ1v) is 12.0. The number of hydrogen-bond acceptors (Lipinski definition) is 2. The van der Waals surface area contributed by atoms with E-state index in [4.69, 9.17) is 4.43 Å². The van der Waals surface area contributed by atoms with E-state index in [0.29, 0.717) is 24.5 Å². The minimum absolute atomic E-state index is 0.0249. The Morgan fingerprint density at radius 1 is 1.00 bits per heavy atom. The molecule has 0 aliphatic rings. The highest BCUT2D eigenvalue weighted by molar-refractivity contribution is 6.99. The molecule has 1 atom stereocenters. The number of carbonyl (C=O) groups excluding carboxylic acids is 1. The number of rotatable bonds is 9. The Kier molecular flexibility index (Phi) is 7.56. The molecule has 0 fully saturated rings. The van der Waals surface area contributed by atoms with Crippen molar-refractivity contribution < 1.29 is 9.22 Å². The second kappa shape index (κ2) is 9.49. The van der Waals surface area contributed by atoms with Crippen molar-refractivity contribution in [2.24, 2.45) is 5.92 Å². The highest BCUT2D eigenvalue weighted by Crippen LogP contribution is 2.37. The molecule has 0 aliphatic heterocycles. The highest BCUT2D eigenvalue weighted by Gasteiger charge is 2.50. The van der Waals surface area contributed by atoms with Crippen LogP contribution in [0.15, 0.2) is 72.8 Å². The molecular weight excluding hydrogens is 360 g/mol. The molecule has 0 spiro atoms. The average molecular weight is 395 g/mol. The van der Waals surface area contributed by atoms with Gasteiger partial charge in [0.1, 0.15) is 0 Å². The summed E-state index contributed by atoms with van der Waals surface area (Å²) >= 11 is 0. The predicted octanol–water partition coefficient (Wildman–Crippen LogP) is 5.12. The Morgan fingerprint density at radius 2 is 1.46 bits per heavy atom. The molecule has 2 rings (SSSR count). The van der Waals surface area contributed by atoms with Gasteiger partial charge in [-0.1, -0.05) is 94.9 Å². The summed E-state index contributed by atoms with van der Waals surface area (Å²) in [7, 11) is -2.49. The first-order valence-electron chi connectivity index (χ1n) is 10.1. The van der Waals surface area contributed by atoms with Gasteiger partial charge in [0.15, 0.2) is 5.78 Å². The molecule has 2 aromatic carbocycles. The third-order valence-electron chi connectivity index (χ3n) is 5.34. The van der Waals surface area contributed by atoms with E-state index < -0.39 is 8.32 Å². The van der Waals surface area contributed by atoms with Crippen LogP contribution in [0.1, 0.15) is 47.5 Å². The summed E-state index contributed by atoms with van der Waals surface area (Å²) in [5.74, 6) is 0.460. The van der Waals surface area contributed by atoms with Crippen LogP contribution in [0, 0.1) is 5.92 Å². The fraction of sp³-hybridized carbons (Fsp3) is 0.400. The van der Waals surface area contributed by atoms with E-state index in [1.54, 1.807) is 6.92 Å². The van der Waals surface area contributed by atoms with Gasteiger partial charge < -0.3 is 4.43 Å². The van der Waals surface area contributed by atoms with Gasteiger partial charge in [-0.15, -0.1) is 0 Å². The molecule has 0 aliphatic carbocycles. The van der Waals surface area contributed by atoms with Crippen molar-refractivity contribution in [3.8, 4) is 0 Å². The predicted molar refractivity (Wildman–Crippen MR) is 122 cm³/mol. The fourth-order valence-electron chi connectivity index (χ4n) is 3.70. The maximum atomic E-state index is 11.9. The molecule has 0 bridgehead atoms. The van der Waals surface area contributed by atoms with Gasteiger partial charge in [-0.3, -0.25) is 4.79 Å². The third-order valence-corrected chi connectivity index (χ3v) is 10.3. The zero-order valence-electron chi connectivity index (χ0n) is 18.0. The lowest BCUT2D eigenvalue weighted by molar-refractivity contribution is -0.115. The molecule has 3 heteroatoms. The van der Waals surface area contributed by atoms with Gasteiger partial charge in [0, 0.05) is 13.0 Å². The standard InChI is InChI=1S/C25H34O2Si/c1-20(2)24(26)18-17-21(3)19-27-28(25(4,5)6,22-13-9-7-10-14-22)23-15-11-8-12-16-23/h7-16,21H,1,17-19H2,2-6H3/t21-/m0/s1. The second-order valence-electron chi connectivity index (χ2n) is 8.82. The minimum Gasteiger partial charge on any atom is -0.407 e. The van der Waals surface area contributed by atoms with E-state index in [0.717, 1.165) is 6.42 Å². The van der Waals surface area contributed by atoms with Crippen molar-refractivity contribution in [2.45, 2.75) is 52.5 Å². The van der Waals surface area contributed by atoms with E-state index in [1.165, 1.54) is 10.4 Å². The molecule has 28 heavy (non-hydrogen) atoms. The smallest absolute Gasteiger partial charge is 0.261 e. The summed E-state index contributed by atoms with van der Waals surface area (Å²) in [6.45, 7) is 15.2. The minimum atomic E-state index is -2.49. The average Bonchev–Trinajstić information content (AvgIpc) is 2.67. The Hall–Kier alpha value is -1.97. The van der Waals surface area contributed by atoms with E-state index >= 15 is 0 Å². The number of allylic oxidation sites excluding steroid dienone is 1. The van der Waals surface area contributed by atoms with E-state index in [-0.39, 0.29) is 10.8 Å². The Bertz CT molecular complexity index is 736. The van der Waals surface area contributed by atoms with Crippen molar-refractivity contribution in [2.75, 3.05) is 6.61 Å². The van der Waals surface area contributed by atoms with Crippen LogP contribution in [0.25, 0.3) is 0 Å². The van der Waals surface area contributed by atoms with Gasteiger partial charge in [-0.2, -0.15) is 0 Å². The fourth-order valence-corrected chi connectivity index (χ4v) is 8.39. The molecule has 150 valence electrons. The van der Waals surface area contributed by atoms with E-state index in [1.807, 2.05) is 0 Å². The number of Topliss-reactive ketones (excluding diaryl/α,β-unsaturated/α-hetero) is 1. The summed E-state index contributed by atoms with van der Waals surface area (Å²) in [4.78, 5) is 11.9. The van der Waals surface area contributed by atoms with E-state index in [9.17, 15) is 4.79 Å². The van der Waals surface area contributed by atoms with Gasteiger partial charge in [0.05, 0.1) is 0 Å². The number of benzene rings is 2. The second-order valence-corrected chi connectivity index (χ2v) is 13.1. The lowest BCUT2D eigenvalue weighted by atomic mass is 10.0. The molecule has 0 unspecified atom stereocenters. The van der Waals surface area contributed by atoms with Gasteiger partial charge >= 0.3 is 0 Å². The van der Waals surface area contributed by atoms with Crippen LogP contribution >= 0.6 is 0 Å². The first-order chi connectivity index (χ1) is 13.2. The van der Waals surface area contributed by atoms with Crippen molar-refractivity contribution >= 4 is 24.5 Å². The quantitative estimate of drug-likeness (QED) is 0.436. The third kappa shape index (κ3) is 5.09. The molecule has 0 saturated carbocycles. The summed E-state index contributed by atoms with van der Waals surface area (Å²) in [5, 5.41) is 2.56. The maximum Gasteiger partial charge on any atom is 0.261 e. The SMILES string of the molecule is C=C(C)C(=O)CC[C@H](C)CO[Si](c1ccccc1)(c1ccccc1)C(C)(C)C. The Balaban J connectivity index is 2.34. The van der Waals surface area contributed by atoms with Crippen LogP contribution in [0.2, 0.25) is 5.04 Å². The van der Waals surface area contributed by atoms with Crippen molar-refractivity contribution in [3.05, 3.63) is 72.8 Å². The van der Waals surface area contributed by atoms with Crippen LogP contribution in [-0.2, 0) is 9.22 Å². The lowest BCUT2D eigenvalue weighted by Crippen LogP contribution is -2.66. The van der Waals surface area contributed by atoms with Gasteiger partial charge in [0.2, 0.25) is 0 Å². The van der Waals surface area contributed by atoms with E-state index in [2.05, 4.69) is 94.9 Å². The summed E-state index contributed by atoms with van der Waals surface area (Å²) < 4.78 is 6.93. The summed E-state index contributed by atoms with van der Waals surface area (Å²) in [6, 6.07) is 21.4. The van der Waals surface area contributed by atoms with Crippen molar-refractivity contribution in [1.29, 1.82) is 0 Å². The number of carbonyl (C=O) groups is 1. The van der Waals surface area contributed by atoms with Crippen LogP contribution in [-0.4, -0.2) is 20.7 Å². The number of hydrogen-bond donors (Lipinski definition) is 0. The molecule has 0 saturated heterocycles. The van der Waals surface area contributed by atoms with Crippen LogP contribution in [0.3, 0.4) is 0 Å². The molecule has 0 radical (unpaired) electrons. The maximum absolute atomic E-state index is 11.9. The topological polar surface area (TPSA) is 26.3 Å². The molecule has 0 heterocycles. The highest BCUT2D eigenvalue weighted by atomic mass is 28.4.